The van der Waals surface area contributed by atoms with Gasteiger partial charge in [-0.05, 0) is 50.3 Å². The van der Waals surface area contributed by atoms with Crippen LogP contribution in [0.3, 0.4) is 0 Å². The van der Waals surface area contributed by atoms with Gasteiger partial charge in [-0.15, -0.1) is 0 Å². The average molecular weight is 314 g/mol. The largest absolute Gasteiger partial charge is 0.466 e. The van der Waals surface area contributed by atoms with Gasteiger partial charge >= 0.3 is 5.97 Å². The van der Waals surface area contributed by atoms with E-state index in [1.165, 1.54) is 6.07 Å². The lowest BCUT2D eigenvalue weighted by atomic mass is 9.86. The molecule has 2 rings (SSSR count). The Hall–Kier alpha value is -1.13. The van der Waals surface area contributed by atoms with Crippen LogP contribution < -0.4 is 5.32 Å². The van der Waals surface area contributed by atoms with Crippen molar-refractivity contribution in [1.29, 1.82) is 0 Å². The van der Waals surface area contributed by atoms with E-state index >= 15 is 0 Å². The van der Waals surface area contributed by atoms with E-state index < -0.39 is 5.82 Å². The van der Waals surface area contributed by atoms with E-state index in [1.807, 2.05) is 6.92 Å². The molecule has 3 nitrogen and oxygen atoms in total. The van der Waals surface area contributed by atoms with E-state index in [1.54, 1.807) is 12.1 Å². The first kappa shape index (κ1) is 16.2. The lowest BCUT2D eigenvalue weighted by Gasteiger charge is -2.28. The first-order chi connectivity index (χ1) is 10.1. The minimum Gasteiger partial charge on any atom is -0.466 e. The van der Waals surface area contributed by atoms with Crippen molar-refractivity contribution in [3.8, 4) is 0 Å². The zero-order chi connectivity index (χ0) is 15.2. The number of carbonyl (C=O) groups is 1. The van der Waals surface area contributed by atoms with Crippen LogP contribution in [0, 0.1) is 11.7 Å². The number of hydrogen-bond donors (Lipinski definition) is 1. The fourth-order valence-electron chi connectivity index (χ4n) is 2.71. The zero-order valence-electron chi connectivity index (χ0n) is 12.2. The van der Waals surface area contributed by atoms with Gasteiger partial charge in [-0.1, -0.05) is 17.7 Å². The van der Waals surface area contributed by atoms with Crippen LogP contribution in [0.1, 0.15) is 38.2 Å². The molecule has 0 atom stereocenters. The summed E-state index contributed by atoms with van der Waals surface area (Å²) in [5, 5.41) is 3.60. The van der Waals surface area contributed by atoms with E-state index in [9.17, 15) is 9.18 Å². The van der Waals surface area contributed by atoms with Gasteiger partial charge in [0.2, 0.25) is 0 Å². The number of carbonyl (C=O) groups excluding carboxylic acids is 1. The number of ether oxygens (including phenoxy) is 1. The number of esters is 1. The van der Waals surface area contributed by atoms with Crippen molar-refractivity contribution in [2.45, 2.75) is 45.2 Å². The van der Waals surface area contributed by atoms with E-state index in [4.69, 9.17) is 16.3 Å². The predicted octanol–water partition coefficient (Wildman–Crippen LogP) is 3.69. The topological polar surface area (TPSA) is 38.3 Å². The van der Waals surface area contributed by atoms with Gasteiger partial charge < -0.3 is 10.1 Å². The molecule has 0 amide bonds. The van der Waals surface area contributed by atoms with Crippen LogP contribution in [0.15, 0.2) is 18.2 Å². The summed E-state index contributed by atoms with van der Waals surface area (Å²) in [5.74, 6) is -0.417. The molecule has 1 N–H and O–H groups in total. The molecule has 21 heavy (non-hydrogen) atoms. The van der Waals surface area contributed by atoms with E-state index in [0.29, 0.717) is 19.2 Å². The molecule has 0 aromatic heterocycles. The number of rotatable bonds is 5. The summed E-state index contributed by atoms with van der Waals surface area (Å²) in [7, 11) is 0. The Morgan fingerprint density at radius 3 is 2.71 bits per heavy atom. The average Bonchev–Trinajstić information content (AvgIpc) is 2.49. The van der Waals surface area contributed by atoms with Crippen molar-refractivity contribution in [3.05, 3.63) is 34.6 Å². The number of benzene rings is 1. The zero-order valence-corrected chi connectivity index (χ0v) is 13.0. The van der Waals surface area contributed by atoms with Gasteiger partial charge in [0.25, 0.3) is 0 Å². The van der Waals surface area contributed by atoms with Crippen LogP contribution in [0.4, 0.5) is 4.39 Å². The fourth-order valence-corrected chi connectivity index (χ4v) is 2.91. The summed E-state index contributed by atoms with van der Waals surface area (Å²) < 4.78 is 18.1. The Morgan fingerprint density at radius 2 is 2.10 bits per heavy atom. The quantitative estimate of drug-likeness (QED) is 0.843. The van der Waals surface area contributed by atoms with Gasteiger partial charge in [-0.3, -0.25) is 4.79 Å². The molecule has 0 unspecified atom stereocenters. The highest BCUT2D eigenvalue weighted by Crippen LogP contribution is 2.26. The van der Waals surface area contributed by atoms with Gasteiger partial charge in [0.1, 0.15) is 5.82 Å². The number of hydrogen-bond acceptors (Lipinski definition) is 3. The first-order valence-electron chi connectivity index (χ1n) is 7.44. The monoisotopic (exact) mass is 313 g/mol. The molecule has 0 saturated heterocycles. The van der Waals surface area contributed by atoms with Crippen LogP contribution in [0.25, 0.3) is 0 Å². The van der Waals surface area contributed by atoms with Crippen molar-refractivity contribution in [2.75, 3.05) is 6.61 Å². The SMILES string of the molecule is CCOC(=O)C1CCC(NCc2ccc(F)c(Cl)c2)CC1. The molecule has 0 heterocycles. The summed E-state index contributed by atoms with van der Waals surface area (Å²) in [6.07, 6.45) is 3.64. The van der Waals surface area contributed by atoms with Gasteiger partial charge in [-0.2, -0.15) is 0 Å². The maximum absolute atomic E-state index is 13.1. The molecule has 116 valence electrons. The number of halogens is 2. The van der Waals surface area contributed by atoms with Gasteiger partial charge in [-0.25, -0.2) is 4.39 Å². The summed E-state index contributed by atoms with van der Waals surface area (Å²) >= 11 is 5.76. The minimum absolute atomic E-state index is 0.0447. The molecule has 0 radical (unpaired) electrons. The molecule has 5 heteroatoms. The molecule has 1 aromatic rings. The van der Waals surface area contributed by atoms with Crippen molar-refractivity contribution >= 4 is 17.6 Å². The van der Waals surface area contributed by atoms with Crippen LogP contribution >= 0.6 is 11.6 Å². The Balaban J connectivity index is 1.76. The highest BCUT2D eigenvalue weighted by Gasteiger charge is 2.26. The third kappa shape index (κ3) is 4.68. The number of nitrogens with one attached hydrogen (secondary N) is 1. The van der Waals surface area contributed by atoms with Crippen molar-refractivity contribution in [3.63, 3.8) is 0 Å². The van der Waals surface area contributed by atoms with Gasteiger partial charge in [0.15, 0.2) is 0 Å². The third-order valence-electron chi connectivity index (χ3n) is 3.93. The second-order valence-electron chi connectivity index (χ2n) is 5.43. The molecule has 1 aliphatic rings. The lowest BCUT2D eigenvalue weighted by Crippen LogP contribution is -2.35. The van der Waals surface area contributed by atoms with E-state index in [2.05, 4.69) is 5.32 Å². The Labute approximate surface area is 129 Å². The predicted molar refractivity (Wildman–Crippen MR) is 80.6 cm³/mol. The maximum atomic E-state index is 13.1. The molecule has 1 aliphatic carbocycles. The summed E-state index contributed by atoms with van der Waals surface area (Å²) in [6.45, 7) is 2.94. The lowest BCUT2D eigenvalue weighted by molar-refractivity contribution is -0.149. The molecule has 1 aromatic carbocycles. The van der Waals surface area contributed by atoms with Gasteiger partial charge in [0, 0.05) is 12.6 Å². The van der Waals surface area contributed by atoms with E-state index in [0.717, 1.165) is 31.2 Å². The molecule has 0 bridgehead atoms. The molecule has 1 fully saturated rings. The molecule has 1 saturated carbocycles. The maximum Gasteiger partial charge on any atom is 0.308 e. The first-order valence-corrected chi connectivity index (χ1v) is 7.82. The smallest absolute Gasteiger partial charge is 0.308 e. The summed E-state index contributed by atoms with van der Waals surface area (Å²) in [4.78, 5) is 11.7. The fraction of sp³-hybridized carbons (Fsp3) is 0.562. The van der Waals surface area contributed by atoms with Crippen LogP contribution in [0.2, 0.25) is 5.02 Å². The highest BCUT2D eigenvalue weighted by molar-refractivity contribution is 6.30. The Morgan fingerprint density at radius 1 is 1.38 bits per heavy atom. The summed E-state index contributed by atoms with van der Waals surface area (Å²) in [6, 6.07) is 5.16. The molecule has 0 spiro atoms. The second-order valence-corrected chi connectivity index (χ2v) is 5.84. The minimum atomic E-state index is -0.393. The Kier molecular flexibility index (Phi) is 6.00. The second kappa shape index (κ2) is 7.76. The third-order valence-corrected chi connectivity index (χ3v) is 4.22. The standard InChI is InChI=1S/C16H21ClFNO2/c1-2-21-16(20)12-4-6-13(7-5-12)19-10-11-3-8-15(18)14(17)9-11/h3,8-9,12-13,19H,2,4-7,10H2,1H3. The molecular formula is C16H21ClFNO2. The van der Waals surface area contributed by atoms with Gasteiger partial charge in [0.05, 0.1) is 17.5 Å². The normalized spacial score (nSPS) is 22.0. The summed E-state index contributed by atoms with van der Waals surface area (Å²) in [5.41, 5.74) is 0.967. The van der Waals surface area contributed by atoms with Crippen LogP contribution in [0.5, 0.6) is 0 Å². The van der Waals surface area contributed by atoms with Crippen molar-refractivity contribution in [1.82, 2.24) is 5.32 Å². The van der Waals surface area contributed by atoms with Crippen LogP contribution in [-0.4, -0.2) is 18.6 Å². The highest BCUT2D eigenvalue weighted by atomic mass is 35.5. The molecular weight excluding hydrogens is 293 g/mol. The van der Waals surface area contributed by atoms with Crippen molar-refractivity contribution in [2.24, 2.45) is 5.92 Å². The molecule has 0 aliphatic heterocycles. The Bertz CT molecular complexity index is 487. The van der Waals surface area contributed by atoms with E-state index in [-0.39, 0.29) is 16.9 Å². The van der Waals surface area contributed by atoms with Crippen LogP contribution in [-0.2, 0) is 16.1 Å². The van der Waals surface area contributed by atoms with Crippen molar-refractivity contribution < 1.29 is 13.9 Å².